The van der Waals surface area contributed by atoms with Gasteiger partial charge >= 0.3 is 5.97 Å². The number of aromatic nitrogens is 2. The van der Waals surface area contributed by atoms with E-state index in [9.17, 15) is 9.59 Å². The Morgan fingerprint density at radius 2 is 2.43 bits per heavy atom. The molecule has 0 aliphatic rings. The summed E-state index contributed by atoms with van der Waals surface area (Å²) >= 11 is 0. The Kier molecular flexibility index (Phi) is 3.22. The second kappa shape index (κ2) is 4.40. The maximum Gasteiger partial charge on any atom is 0.325 e. The third kappa shape index (κ3) is 2.89. The fourth-order valence-electron chi connectivity index (χ4n) is 0.891. The van der Waals surface area contributed by atoms with Crippen molar-refractivity contribution in [2.75, 3.05) is 19.0 Å². The third-order valence-corrected chi connectivity index (χ3v) is 1.50. The first-order valence-corrected chi connectivity index (χ1v) is 4.00. The maximum absolute atomic E-state index is 11.0. The van der Waals surface area contributed by atoms with Gasteiger partial charge in [0, 0.05) is 11.8 Å². The van der Waals surface area contributed by atoms with Gasteiger partial charge in [-0.05, 0) is 6.92 Å². The summed E-state index contributed by atoms with van der Waals surface area (Å²) in [7, 11) is 1.29. The van der Waals surface area contributed by atoms with Gasteiger partial charge in [-0.3, -0.25) is 14.6 Å². The van der Waals surface area contributed by atoms with Gasteiger partial charge in [-0.2, -0.15) is 0 Å². The fourth-order valence-corrected chi connectivity index (χ4v) is 0.891. The summed E-state index contributed by atoms with van der Waals surface area (Å²) in [4.78, 5) is 28.1. The first kappa shape index (κ1) is 10.2. The molecule has 0 spiro atoms. The molecule has 14 heavy (non-hydrogen) atoms. The second-order valence-electron chi connectivity index (χ2n) is 2.67. The van der Waals surface area contributed by atoms with Crippen molar-refractivity contribution >= 4 is 11.9 Å². The highest BCUT2D eigenvalue weighted by atomic mass is 16.5. The van der Waals surface area contributed by atoms with Crippen LogP contribution in [0.1, 0.15) is 5.69 Å². The van der Waals surface area contributed by atoms with E-state index in [0.29, 0.717) is 5.69 Å². The smallest absolute Gasteiger partial charge is 0.325 e. The van der Waals surface area contributed by atoms with Crippen molar-refractivity contribution in [3.8, 4) is 0 Å². The van der Waals surface area contributed by atoms with Crippen LogP contribution in [0.25, 0.3) is 0 Å². The van der Waals surface area contributed by atoms with E-state index in [4.69, 9.17) is 0 Å². The molecule has 0 fully saturated rings. The van der Waals surface area contributed by atoms with Crippen molar-refractivity contribution in [1.29, 1.82) is 0 Å². The van der Waals surface area contributed by atoms with Gasteiger partial charge in [0.05, 0.1) is 7.11 Å². The van der Waals surface area contributed by atoms with Crippen molar-refractivity contribution in [1.82, 2.24) is 9.97 Å². The molecule has 0 atom stereocenters. The molecule has 76 valence electrons. The highest BCUT2D eigenvalue weighted by Crippen LogP contribution is 1.94. The lowest BCUT2D eigenvalue weighted by atomic mass is 10.4. The SMILES string of the molecule is COC(=O)CNc1nc(C)cc(=O)[nH]1. The fraction of sp³-hybridized carbons (Fsp3) is 0.375. The summed E-state index contributed by atoms with van der Waals surface area (Å²) in [5.74, 6) is -0.158. The zero-order valence-electron chi connectivity index (χ0n) is 7.96. The summed E-state index contributed by atoms with van der Waals surface area (Å²) in [5, 5.41) is 2.64. The Balaban J connectivity index is 2.68. The normalized spacial score (nSPS) is 9.57. The van der Waals surface area contributed by atoms with Gasteiger partial charge < -0.3 is 10.1 Å². The zero-order chi connectivity index (χ0) is 10.6. The van der Waals surface area contributed by atoms with Gasteiger partial charge in [0.25, 0.3) is 5.56 Å². The van der Waals surface area contributed by atoms with Crippen LogP contribution in [0.5, 0.6) is 0 Å². The van der Waals surface area contributed by atoms with Gasteiger partial charge in [0.15, 0.2) is 0 Å². The van der Waals surface area contributed by atoms with E-state index in [1.54, 1.807) is 6.92 Å². The van der Waals surface area contributed by atoms with E-state index in [2.05, 4.69) is 20.0 Å². The van der Waals surface area contributed by atoms with Crippen LogP contribution in [0.4, 0.5) is 5.95 Å². The standard InChI is InChI=1S/C8H11N3O3/c1-5-3-6(12)11-8(10-5)9-4-7(13)14-2/h3H,4H2,1-2H3,(H2,9,10,11,12). The lowest BCUT2D eigenvalue weighted by molar-refractivity contribution is -0.138. The quantitative estimate of drug-likeness (QED) is 0.648. The van der Waals surface area contributed by atoms with Gasteiger partial charge in [-0.1, -0.05) is 0 Å². The van der Waals surface area contributed by atoms with Crippen molar-refractivity contribution in [3.63, 3.8) is 0 Å². The van der Waals surface area contributed by atoms with E-state index in [-0.39, 0.29) is 18.1 Å². The van der Waals surface area contributed by atoms with E-state index in [0.717, 1.165) is 0 Å². The van der Waals surface area contributed by atoms with E-state index in [1.807, 2.05) is 0 Å². The van der Waals surface area contributed by atoms with Crippen LogP contribution >= 0.6 is 0 Å². The van der Waals surface area contributed by atoms with Gasteiger partial charge in [-0.15, -0.1) is 0 Å². The number of nitrogens with zero attached hydrogens (tertiary/aromatic N) is 1. The number of carbonyl (C=O) groups is 1. The maximum atomic E-state index is 11.0. The minimum absolute atomic E-state index is 0.0249. The molecule has 0 unspecified atom stereocenters. The van der Waals surface area contributed by atoms with Crippen LogP contribution in [-0.4, -0.2) is 29.6 Å². The lowest BCUT2D eigenvalue weighted by Gasteiger charge is -2.03. The summed E-state index contributed by atoms with van der Waals surface area (Å²) in [6.07, 6.45) is 0. The predicted molar refractivity (Wildman–Crippen MR) is 50.1 cm³/mol. The van der Waals surface area contributed by atoms with Crippen molar-refractivity contribution < 1.29 is 9.53 Å². The summed E-state index contributed by atoms with van der Waals surface area (Å²) in [6.45, 7) is 1.67. The second-order valence-corrected chi connectivity index (χ2v) is 2.67. The number of aryl methyl sites for hydroxylation is 1. The minimum atomic E-state index is -0.422. The van der Waals surface area contributed by atoms with Crippen LogP contribution in [0, 0.1) is 6.92 Å². The summed E-state index contributed by atoms with van der Waals surface area (Å²) < 4.78 is 4.41. The number of esters is 1. The van der Waals surface area contributed by atoms with Crippen LogP contribution < -0.4 is 10.9 Å². The molecule has 0 aromatic carbocycles. The van der Waals surface area contributed by atoms with Crippen molar-refractivity contribution in [2.24, 2.45) is 0 Å². The molecule has 0 saturated carbocycles. The number of ether oxygens (including phenoxy) is 1. The zero-order valence-corrected chi connectivity index (χ0v) is 7.96. The van der Waals surface area contributed by atoms with E-state index < -0.39 is 5.97 Å². The molecule has 0 aliphatic heterocycles. The molecular weight excluding hydrogens is 186 g/mol. The number of aromatic amines is 1. The summed E-state index contributed by atoms with van der Waals surface area (Å²) in [6, 6.07) is 1.36. The number of anilines is 1. The number of carbonyl (C=O) groups excluding carboxylic acids is 1. The van der Waals surface area contributed by atoms with Gasteiger partial charge in [0.1, 0.15) is 6.54 Å². The number of rotatable bonds is 3. The number of nitrogens with one attached hydrogen (secondary N) is 2. The average Bonchev–Trinajstić information content (AvgIpc) is 2.12. The molecular formula is C8H11N3O3. The largest absolute Gasteiger partial charge is 0.468 e. The van der Waals surface area contributed by atoms with Crippen LogP contribution in [0.15, 0.2) is 10.9 Å². The molecule has 0 bridgehead atoms. The Morgan fingerprint density at radius 3 is 3.00 bits per heavy atom. The number of hydrogen-bond acceptors (Lipinski definition) is 5. The highest BCUT2D eigenvalue weighted by Gasteiger charge is 2.01. The van der Waals surface area contributed by atoms with Gasteiger partial charge in [0.2, 0.25) is 5.95 Å². The molecule has 1 rings (SSSR count). The highest BCUT2D eigenvalue weighted by molar-refractivity contribution is 5.73. The molecule has 0 amide bonds. The average molecular weight is 197 g/mol. The van der Waals surface area contributed by atoms with Crippen molar-refractivity contribution in [2.45, 2.75) is 6.92 Å². The molecule has 1 aromatic rings. The number of hydrogen-bond donors (Lipinski definition) is 2. The predicted octanol–water partition coefficient (Wildman–Crippen LogP) is -0.337. The first-order chi connectivity index (χ1) is 6.61. The topological polar surface area (TPSA) is 84.1 Å². The summed E-state index contributed by atoms with van der Waals surface area (Å²) in [5.41, 5.74) is 0.325. The van der Waals surface area contributed by atoms with E-state index >= 15 is 0 Å². The molecule has 1 heterocycles. The van der Waals surface area contributed by atoms with Crippen LogP contribution in [-0.2, 0) is 9.53 Å². The minimum Gasteiger partial charge on any atom is -0.468 e. The van der Waals surface area contributed by atoms with E-state index in [1.165, 1.54) is 13.2 Å². The monoisotopic (exact) mass is 197 g/mol. The Hall–Kier alpha value is -1.85. The molecule has 2 N–H and O–H groups in total. The third-order valence-electron chi connectivity index (χ3n) is 1.50. The molecule has 0 saturated heterocycles. The Labute approximate surface area is 80.3 Å². The molecule has 6 nitrogen and oxygen atoms in total. The molecule has 0 aliphatic carbocycles. The Morgan fingerprint density at radius 1 is 1.71 bits per heavy atom. The molecule has 6 heteroatoms. The number of H-pyrrole nitrogens is 1. The Bertz CT molecular complexity index is 386. The molecule has 1 aromatic heterocycles. The number of methoxy groups -OCH3 is 1. The van der Waals surface area contributed by atoms with Crippen LogP contribution in [0.2, 0.25) is 0 Å². The first-order valence-electron chi connectivity index (χ1n) is 4.00. The lowest BCUT2D eigenvalue weighted by Crippen LogP contribution is -2.19. The molecule has 0 radical (unpaired) electrons. The van der Waals surface area contributed by atoms with Gasteiger partial charge in [-0.25, -0.2) is 4.98 Å². The van der Waals surface area contributed by atoms with Crippen LogP contribution in [0.3, 0.4) is 0 Å². The van der Waals surface area contributed by atoms with Crippen molar-refractivity contribution in [3.05, 3.63) is 22.1 Å².